The van der Waals surface area contributed by atoms with E-state index in [9.17, 15) is 18.0 Å². The van der Waals surface area contributed by atoms with Gasteiger partial charge in [-0.25, -0.2) is 27.9 Å². The first kappa shape index (κ1) is 19.5. The van der Waals surface area contributed by atoms with Crippen LogP contribution in [0.1, 0.15) is 12.5 Å². The summed E-state index contributed by atoms with van der Waals surface area (Å²) in [6.07, 6.45) is 6.13. The average molecular weight is 432 g/mol. The van der Waals surface area contributed by atoms with Gasteiger partial charge in [-0.2, -0.15) is 4.98 Å². The van der Waals surface area contributed by atoms with Crippen molar-refractivity contribution in [3.63, 3.8) is 0 Å². The van der Waals surface area contributed by atoms with Crippen molar-refractivity contribution in [2.24, 2.45) is 7.05 Å². The van der Waals surface area contributed by atoms with Gasteiger partial charge in [0.2, 0.25) is 5.95 Å². The number of rotatable bonds is 3. The number of fused-ring (bicyclic) bond motifs is 2. The van der Waals surface area contributed by atoms with Gasteiger partial charge in [0.15, 0.2) is 11.5 Å². The molecule has 0 radical (unpaired) electrons. The van der Waals surface area contributed by atoms with Crippen molar-refractivity contribution in [3.05, 3.63) is 47.2 Å². The maximum atomic E-state index is 14.8. The van der Waals surface area contributed by atoms with Crippen molar-refractivity contribution in [3.8, 4) is 0 Å². The van der Waals surface area contributed by atoms with E-state index in [4.69, 9.17) is 0 Å². The predicted octanol–water partition coefficient (Wildman–Crippen LogP) is 2.17. The first-order valence-electron chi connectivity index (χ1n) is 9.64. The lowest BCUT2D eigenvalue weighted by molar-refractivity contribution is -0.0979. The number of aryl methyl sites for hydroxylation is 1. The molecule has 0 amide bonds. The second-order valence-electron chi connectivity index (χ2n) is 7.77. The van der Waals surface area contributed by atoms with Crippen molar-refractivity contribution in [2.45, 2.75) is 18.4 Å². The Morgan fingerprint density at radius 3 is 2.84 bits per heavy atom. The molecule has 1 aliphatic heterocycles. The zero-order valence-electron chi connectivity index (χ0n) is 16.8. The van der Waals surface area contributed by atoms with E-state index in [-0.39, 0.29) is 23.7 Å². The third kappa shape index (κ3) is 3.14. The lowest BCUT2D eigenvalue weighted by atomic mass is 10.0. The lowest BCUT2D eigenvalue weighted by Gasteiger charge is -2.36. The second-order valence-corrected chi connectivity index (χ2v) is 7.77. The number of aromatic nitrogens is 6. The Hall–Kier alpha value is -3.41. The van der Waals surface area contributed by atoms with Gasteiger partial charge in [0, 0.05) is 38.2 Å². The van der Waals surface area contributed by atoms with Crippen molar-refractivity contribution in [1.29, 1.82) is 0 Å². The highest BCUT2D eigenvalue weighted by Gasteiger charge is 2.46. The summed E-state index contributed by atoms with van der Waals surface area (Å²) in [5.41, 5.74) is 0.306. The Morgan fingerprint density at radius 2 is 2.06 bits per heavy atom. The van der Waals surface area contributed by atoms with Crippen LogP contribution in [-0.2, 0) is 7.05 Å². The number of likely N-dealkylation sites (tertiary alicyclic amines) is 1. The maximum absolute atomic E-state index is 14.8. The van der Waals surface area contributed by atoms with Gasteiger partial charge in [-0.05, 0) is 13.5 Å². The van der Waals surface area contributed by atoms with Crippen molar-refractivity contribution < 1.29 is 13.2 Å². The van der Waals surface area contributed by atoms with Gasteiger partial charge in [0.05, 0.1) is 18.4 Å². The number of imidazole rings is 2. The summed E-state index contributed by atoms with van der Waals surface area (Å²) in [5.74, 6) is -3.70. The molecule has 0 spiro atoms. The van der Waals surface area contributed by atoms with Crippen LogP contribution in [0.2, 0.25) is 0 Å². The number of pyridine rings is 1. The van der Waals surface area contributed by atoms with Crippen LogP contribution in [0.25, 0.3) is 16.8 Å². The molecular weight excluding hydrogens is 413 g/mol. The van der Waals surface area contributed by atoms with Crippen LogP contribution in [0.15, 0.2) is 35.6 Å². The molecule has 12 heteroatoms. The Balaban J connectivity index is 1.60. The standard InChI is InChI=1S/C19H19F3N8O/c1-27-5-3-14(19(21,22)10-27)30-16-13(28(2)18(30)31)8-24-17(26-16)25-12-9-29-6-4-23-15(29)7-11(12)20/h4,6-9,14H,3,5,10H2,1-2H3,(H,24,25,26)/t14-/m0/s1. The minimum absolute atomic E-state index is 0.0125. The fourth-order valence-corrected chi connectivity index (χ4v) is 4.04. The minimum atomic E-state index is -3.11. The van der Waals surface area contributed by atoms with E-state index in [1.807, 2.05) is 0 Å². The zero-order valence-corrected chi connectivity index (χ0v) is 16.8. The molecule has 1 saturated heterocycles. The third-order valence-electron chi connectivity index (χ3n) is 5.62. The molecular formula is C19H19F3N8O. The topological polar surface area (TPSA) is 85.3 Å². The summed E-state index contributed by atoms with van der Waals surface area (Å²) in [7, 11) is 3.10. The van der Waals surface area contributed by atoms with E-state index < -0.39 is 30.0 Å². The van der Waals surface area contributed by atoms with E-state index in [1.165, 1.54) is 41.2 Å². The summed E-state index contributed by atoms with van der Waals surface area (Å²) in [6, 6.07) is -0.0834. The Kier molecular flexibility index (Phi) is 4.29. The first-order valence-corrected chi connectivity index (χ1v) is 9.64. The molecule has 5 rings (SSSR count). The summed E-state index contributed by atoms with van der Waals surface area (Å²) < 4.78 is 48.0. The molecule has 0 aromatic carbocycles. The molecule has 162 valence electrons. The van der Waals surface area contributed by atoms with Crippen LogP contribution < -0.4 is 11.0 Å². The second kappa shape index (κ2) is 6.80. The fraction of sp³-hybridized carbons (Fsp3) is 0.368. The van der Waals surface area contributed by atoms with Gasteiger partial charge in [-0.15, -0.1) is 0 Å². The number of hydrogen-bond acceptors (Lipinski definition) is 6. The van der Waals surface area contributed by atoms with Crippen LogP contribution >= 0.6 is 0 Å². The van der Waals surface area contributed by atoms with Crippen molar-refractivity contribution in [2.75, 3.05) is 25.5 Å². The van der Waals surface area contributed by atoms with Crippen molar-refractivity contribution in [1.82, 2.24) is 33.4 Å². The molecule has 4 aromatic heterocycles. The number of anilines is 2. The molecule has 31 heavy (non-hydrogen) atoms. The maximum Gasteiger partial charge on any atom is 0.330 e. The van der Waals surface area contributed by atoms with E-state index in [0.717, 1.165) is 4.57 Å². The number of hydrogen-bond donors (Lipinski definition) is 1. The molecule has 9 nitrogen and oxygen atoms in total. The molecule has 1 fully saturated rings. The van der Waals surface area contributed by atoms with E-state index in [1.54, 1.807) is 17.6 Å². The zero-order chi connectivity index (χ0) is 21.9. The highest BCUT2D eigenvalue weighted by Crippen LogP contribution is 2.37. The number of nitrogens with one attached hydrogen (secondary N) is 1. The summed E-state index contributed by atoms with van der Waals surface area (Å²) in [4.78, 5) is 26.8. The monoisotopic (exact) mass is 432 g/mol. The largest absolute Gasteiger partial charge is 0.330 e. The first-order chi connectivity index (χ1) is 14.7. The van der Waals surface area contributed by atoms with Gasteiger partial charge in [0.25, 0.3) is 5.92 Å². The summed E-state index contributed by atoms with van der Waals surface area (Å²) in [5, 5.41) is 2.77. The van der Waals surface area contributed by atoms with Crippen LogP contribution in [0.3, 0.4) is 0 Å². The van der Waals surface area contributed by atoms with Crippen LogP contribution in [0.4, 0.5) is 24.8 Å². The Labute approximate surface area is 173 Å². The predicted molar refractivity (Wildman–Crippen MR) is 107 cm³/mol. The molecule has 0 bridgehead atoms. The van der Waals surface area contributed by atoms with E-state index in [2.05, 4.69) is 20.3 Å². The summed E-state index contributed by atoms with van der Waals surface area (Å²) >= 11 is 0. The molecule has 0 unspecified atom stereocenters. The smallest absolute Gasteiger partial charge is 0.320 e. The highest BCUT2D eigenvalue weighted by molar-refractivity contribution is 5.73. The highest BCUT2D eigenvalue weighted by atomic mass is 19.3. The van der Waals surface area contributed by atoms with E-state index >= 15 is 0 Å². The Morgan fingerprint density at radius 1 is 1.26 bits per heavy atom. The van der Waals surface area contributed by atoms with Crippen LogP contribution in [-0.4, -0.2) is 59.4 Å². The fourth-order valence-electron chi connectivity index (χ4n) is 4.04. The van der Waals surface area contributed by atoms with Crippen molar-refractivity contribution >= 4 is 28.4 Å². The van der Waals surface area contributed by atoms with Gasteiger partial charge in [0.1, 0.15) is 17.2 Å². The lowest BCUT2D eigenvalue weighted by Crippen LogP contribution is -2.49. The SMILES string of the molecule is CN1CC[C@H](n2c(=O)n(C)c3cnc(Nc4cn5ccnc5cc4F)nc32)C(F)(F)C1. The molecule has 5 heterocycles. The summed E-state index contributed by atoms with van der Waals surface area (Å²) in [6.45, 7) is -0.0256. The molecule has 1 aliphatic rings. The Bertz CT molecular complexity index is 1360. The average Bonchev–Trinajstić information content (AvgIpc) is 3.24. The molecule has 1 N–H and O–H groups in total. The molecule has 4 aromatic rings. The molecule has 0 aliphatic carbocycles. The number of nitrogens with zero attached hydrogens (tertiary/aromatic N) is 7. The van der Waals surface area contributed by atoms with Gasteiger partial charge < -0.3 is 14.6 Å². The van der Waals surface area contributed by atoms with Crippen LogP contribution in [0, 0.1) is 5.82 Å². The molecule has 1 atom stereocenters. The van der Waals surface area contributed by atoms with Gasteiger partial charge in [-0.3, -0.25) is 9.13 Å². The quantitative estimate of drug-likeness (QED) is 0.534. The molecule has 0 saturated carbocycles. The normalized spacial score (nSPS) is 19.3. The minimum Gasteiger partial charge on any atom is -0.320 e. The number of halogens is 3. The van der Waals surface area contributed by atoms with Crippen LogP contribution in [0.5, 0.6) is 0 Å². The number of alkyl halides is 2. The number of piperidine rings is 1. The third-order valence-corrected chi connectivity index (χ3v) is 5.62. The van der Waals surface area contributed by atoms with Gasteiger partial charge in [-0.1, -0.05) is 0 Å². The van der Waals surface area contributed by atoms with Gasteiger partial charge >= 0.3 is 5.69 Å². The van der Waals surface area contributed by atoms with E-state index in [0.29, 0.717) is 17.7 Å².